The first-order valence-corrected chi connectivity index (χ1v) is 10.8. The van der Waals surface area contributed by atoms with Gasteiger partial charge in [0.05, 0.1) is 5.69 Å². The molecule has 1 saturated heterocycles. The largest absolute Gasteiger partial charge is 0.481 e. The van der Waals surface area contributed by atoms with Gasteiger partial charge in [-0.2, -0.15) is 0 Å². The summed E-state index contributed by atoms with van der Waals surface area (Å²) in [5.74, 6) is 0.869. The van der Waals surface area contributed by atoms with Gasteiger partial charge in [0.1, 0.15) is 11.6 Å². The van der Waals surface area contributed by atoms with Crippen molar-refractivity contribution in [3.05, 3.63) is 71.5 Å². The van der Waals surface area contributed by atoms with Crippen molar-refractivity contribution >= 4 is 11.7 Å². The van der Waals surface area contributed by atoms with Crippen LogP contribution in [-0.2, 0) is 4.79 Å². The second-order valence-corrected chi connectivity index (χ2v) is 8.10. The minimum Gasteiger partial charge on any atom is -0.481 e. The number of halogens is 1. The molecule has 2 aromatic carbocycles. The van der Waals surface area contributed by atoms with E-state index in [1.54, 1.807) is 11.8 Å². The Bertz CT molecular complexity index is 1080. The van der Waals surface area contributed by atoms with Gasteiger partial charge in [-0.15, -0.1) is 10.2 Å². The van der Waals surface area contributed by atoms with Crippen molar-refractivity contribution in [2.75, 3.05) is 31.1 Å². The molecule has 0 N–H and O–H groups in total. The molecule has 0 saturated carbocycles. The summed E-state index contributed by atoms with van der Waals surface area (Å²) < 4.78 is 18.7. The van der Waals surface area contributed by atoms with Crippen molar-refractivity contribution in [3.8, 4) is 17.0 Å². The molecule has 0 spiro atoms. The maximum atomic E-state index is 13.0. The van der Waals surface area contributed by atoms with Crippen LogP contribution in [0.3, 0.4) is 0 Å². The topological polar surface area (TPSA) is 58.6 Å². The molecule has 4 rings (SSSR count). The Morgan fingerprint density at radius 3 is 2.28 bits per heavy atom. The molecule has 1 aliphatic rings. The lowest BCUT2D eigenvalue weighted by Crippen LogP contribution is -2.52. The number of benzene rings is 2. The van der Waals surface area contributed by atoms with Gasteiger partial charge in [-0.1, -0.05) is 12.1 Å². The molecule has 1 fully saturated rings. The molecule has 1 amide bonds. The highest BCUT2D eigenvalue weighted by atomic mass is 19.1. The average molecular weight is 435 g/mol. The molecule has 1 aromatic heterocycles. The number of nitrogens with zero attached hydrogens (tertiary/aromatic N) is 4. The van der Waals surface area contributed by atoms with Gasteiger partial charge in [-0.3, -0.25) is 4.79 Å². The number of amides is 1. The molecule has 6 nitrogen and oxygen atoms in total. The summed E-state index contributed by atoms with van der Waals surface area (Å²) in [5, 5.41) is 8.83. The molecule has 1 unspecified atom stereocenters. The highest BCUT2D eigenvalue weighted by Gasteiger charge is 2.26. The predicted molar refractivity (Wildman–Crippen MR) is 122 cm³/mol. The average Bonchev–Trinajstić information content (AvgIpc) is 2.82. The second kappa shape index (κ2) is 9.34. The fourth-order valence-electron chi connectivity index (χ4n) is 3.73. The number of aromatic nitrogens is 2. The summed E-state index contributed by atoms with van der Waals surface area (Å²) in [7, 11) is 0. The highest BCUT2D eigenvalue weighted by Crippen LogP contribution is 2.22. The summed E-state index contributed by atoms with van der Waals surface area (Å²) >= 11 is 0. The zero-order chi connectivity index (χ0) is 22.7. The van der Waals surface area contributed by atoms with Crippen LogP contribution < -0.4 is 9.64 Å². The quantitative estimate of drug-likeness (QED) is 0.607. The van der Waals surface area contributed by atoms with Crippen LogP contribution in [0.4, 0.5) is 10.2 Å². The molecular formula is C25H27FN4O2. The molecule has 0 radical (unpaired) electrons. The maximum Gasteiger partial charge on any atom is 0.263 e. The van der Waals surface area contributed by atoms with Crippen molar-refractivity contribution in [1.29, 1.82) is 0 Å². The molecular weight excluding hydrogens is 407 g/mol. The molecule has 1 atom stereocenters. The number of carbonyl (C=O) groups excluding carboxylic acids is 1. The molecule has 3 aromatic rings. The minimum atomic E-state index is -0.635. The number of piperazine rings is 1. The van der Waals surface area contributed by atoms with Gasteiger partial charge in [-0.05, 0) is 74.4 Å². The molecule has 0 aliphatic carbocycles. The van der Waals surface area contributed by atoms with Gasteiger partial charge < -0.3 is 14.5 Å². The monoisotopic (exact) mass is 434 g/mol. The Hall–Kier alpha value is -3.48. The molecule has 166 valence electrons. The molecule has 1 aliphatic heterocycles. The van der Waals surface area contributed by atoms with Crippen molar-refractivity contribution in [2.24, 2.45) is 0 Å². The lowest BCUT2D eigenvalue weighted by molar-refractivity contribution is -0.138. The summed E-state index contributed by atoms with van der Waals surface area (Å²) in [6, 6.07) is 15.9. The highest BCUT2D eigenvalue weighted by molar-refractivity contribution is 5.81. The predicted octanol–water partition coefficient (Wildman–Crippen LogP) is 4.02. The van der Waals surface area contributed by atoms with E-state index in [-0.39, 0.29) is 11.7 Å². The second-order valence-electron chi connectivity index (χ2n) is 8.10. The van der Waals surface area contributed by atoms with Gasteiger partial charge in [0, 0.05) is 31.7 Å². The summed E-state index contributed by atoms with van der Waals surface area (Å²) in [4.78, 5) is 16.7. The zero-order valence-corrected chi connectivity index (χ0v) is 18.6. The van der Waals surface area contributed by atoms with Crippen molar-refractivity contribution in [3.63, 3.8) is 0 Å². The lowest BCUT2D eigenvalue weighted by Gasteiger charge is -2.36. The molecule has 0 bridgehead atoms. The van der Waals surface area contributed by atoms with E-state index >= 15 is 0 Å². The van der Waals surface area contributed by atoms with E-state index in [9.17, 15) is 9.18 Å². The Morgan fingerprint density at radius 2 is 1.66 bits per heavy atom. The van der Waals surface area contributed by atoms with E-state index in [2.05, 4.69) is 47.1 Å². The third kappa shape index (κ3) is 4.88. The first kappa shape index (κ1) is 21.7. The maximum absolute atomic E-state index is 13.0. The van der Waals surface area contributed by atoms with E-state index in [1.165, 1.54) is 35.4 Å². The van der Waals surface area contributed by atoms with Gasteiger partial charge in [-0.25, -0.2) is 4.39 Å². The van der Waals surface area contributed by atoms with Crippen LogP contribution in [0, 0.1) is 19.7 Å². The first-order chi connectivity index (χ1) is 15.4. The van der Waals surface area contributed by atoms with E-state index in [4.69, 9.17) is 4.74 Å². The third-order valence-corrected chi connectivity index (χ3v) is 5.84. The van der Waals surface area contributed by atoms with Gasteiger partial charge in [0.15, 0.2) is 11.9 Å². The van der Waals surface area contributed by atoms with E-state index in [0.717, 1.165) is 17.1 Å². The molecule has 7 heteroatoms. The van der Waals surface area contributed by atoms with E-state index in [1.807, 2.05) is 12.1 Å². The fraction of sp³-hybridized carbons (Fsp3) is 0.320. The van der Waals surface area contributed by atoms with Crippen LogP contribution in [0.5, 0.6) is 5.75 Å². The number of carbonyl (C=O) groups is 1. The number of aryl methyl sites for hydroxylation is 2. The summed E-state index contributed by atoms with van der Waals surface area (Å²) in [6.07, 6.45) is -0.635. The summed E-state index contributed by atoms with van der Waals surface area (Å²) in [6.45, 7) is 8.41. The smallest absolute Gasteiger partial charge is 0.263 e. The zero-order valence-electron chi connectivity index (χ0n) is 18.6. The van der Waals surface area contributed by atoms with Crippen molar-refractivity contribution in [2.45, 2.75) is 26.9 Å². The van der Waals surface area contributed by atoms with Crippen molar-refractivity contribution < 1.29 is 13.9 Å². The van der Waals surface area contributed by atoms with Crippen LogP contribution >= 0.6 is 0 Å². The van der Waals surface area contributed by atoms with E-state index < -0.39 is 6.10 Å². The normalized spacial score (nSPS) is 14.9. The third-order valence-electron chi connectivity index (χ3n) is 5.84. The first-order valence-electron chi connectivity index (χ1n) is 10.8. The number of ether oxygens (including phenoxy) is 1. The van der Waals surface area contributed by atoms with Crippen LogP contribution in [-0.4, -0.2) is 53.3 Å². The number of hydrogen-bond acceptors (Lipinski definition) is 5. The van der Waals surface area contributed by atoms with Crippen LogP contribution in [0.1, 0.15) is 18.1 Å². The van der Waals surface area contributed by atoms with Gasteiger partial charge >= 0.3 is 0 Å². The molecule has 2 heterocycles. The standard InChI is InChI=1S/C25H27FN4O2/c1-17-4-5-20(16-18(17)2)23-10-11-24(28-27-23)29-12-14-30(15-13-29)25(31)19(3)32-22-8-6-21(26)7-9-22/h4-11,16,19H,12-15H2,1-3H3. The molecule has 32 heavy (non-hydrogen) atoms. The Labute approximate surface area is 187 Å². The number of rotatable bonds is 5. The summed E-state index contributed by atoms with van der Waals surface area (Å²) in [5.41, 5.74) is 4.38. The Balaban J connectivity index is 1.33. The van der Waals surface area contributed by atoms with Gasteiger partial charge in [0.25, 0.3) is 5.91 Å². The Morgan fingerprint density at radius 1 is 0.938 bits per heavy atom. The van der Waals surface area contributed by atoms with E-state index in [0.29, 0.717) is 31.9 Å². The minimum absolute atomic E-state index is 0.0786. The fourth-order valence-corrected chi connectivity index (χ4v) is 3.73. The van der Waals surface area contributed by atoms with Crippen LogP contribution in [0.15, 0.2) is 54.6 Å². The number of hydrogen-bond donors (Lipinski definition) is 0. The van der Waals surface area contributed by atoms with Crippen LogP contribution in [0.2, 0.25) is 0 Å². The Kier molecular flexibility index (Phi) is 6.35. The SMILES string of the molecule is Cc1ccc(-c2ccc(N3CCN(C(=O)C(C)Oc4ccc(F)cc4)CC3)nn2)cc1C. The van der Waals surface area contributed by atoms with Crippen molar-refractivity contribution in [1.82, 2.24) is 15.1 Å². The lowest BCUT2D eigenvalue weighted by atomic mass is 10.0. The van der Waals surface area contributed by atoms with Crippen LogP contribution in [0.25, 0.3) is 11.3 Å². The van der Waals surface area contributed by atoms with Gasteiger partial charge in [0.2, 0.25) is 0 Å². The number of anilines is 1.